The van der Waals surface area contributed by atoms with Gasteiger partial charge in [0.1, 0.15) is 6.04 Å². The van der Waals surface area contributed by atoms with E-state index in [9.17, 15) is 24.0 Å². The predicted molar refractivity (Wildman–Crippen MR) is 120 cm³/mol. The molecule has 1 aliphatic heterocycles. The van der Waals surface area contributed by atoms with Gasteiger partial charge in [0.05, 0.1) is 24.0 Å². The van der Waals surface area contributed by atoms with Crippen molar-refractivity contribution in [2.75, 3.05) is 18.5 Å². The first-order chi connectivity index (χ1) is 16.2. The molecule has 1 saturated heterocycles. The average molecular weight is 469 g/mol. The van der Waals surface area contributed by atoms with Crippen LogP contribution in [0.1, 0.15) is 37.6 Å². The number of esters is 2. The van der Waals surface area contributed by atoms with E-state index in [1.807, 2.05) is 12.2 Å². The van der Waals surface area contributed by atoms with Gasteiger partial charge in [0, 0.05) is 5.69 Å². The van der Waals surface area contributed by atoms with Crippen molar-refractivity contribution in [3.8, 4) is 0 Å². The van der Waals surface area contributed by atoms with Gasteiger partial charge in [-0.25, -0.2) is 9.59 Å². The summed E-state index contributed by atoms with van der Waals surface area (Å²) >= 11 is 0. The normalized spacial score (nSPS) is 25.5. The van der Waals surface area contributed by atoms with E-state index in [2.05, 4.69) is 5.32 Å². The quantitative estimate of drug-likeness (QED) is 0.353. The largest absolute Gasteiger partial charge is 0.462 e. The molecule has 2 aliphatic carbocycles. The van der Waals surface area contributed by atoms with Gasteiger partial charge in [0.2, 0.25) is 11.8 Å². The standard InChI is InChI=1S/C25H28N2O7/c1-4-33-24(31)14-7-9-17(10-8-14)26-18(28)12-34-25(32)21(13(2)3)27-22(29)19-15-5-6-16(11-15)20(19)23(27)30/h5-10,13,15-16,19-21H,4,11-12H2,1-3H3,(H,26,28)/t15-,16-,19-,20+,21-/m0/s1. The highest BCUT2D eigenvalue weighted by Crippen LogP contribution is 2.53. The Labute approximate surface area is 197 Å². The molecular formula is C25H28N2O7. The molecule has 0 radical (unpaired) electrons. The van der Waals surface area contributed by atoms with Crippen molar-refractivity contribution in [1.29, 1.82) is 0 Å². The Morgan fingerprint density at radius 1 is 1.00 bits per heavy atom. The fourth-order valence-electron chi connectivity index (χ4n) is 5.20. The summed E-state index contributed by atoms with van der Waals surface area (Å²) in [7, 11) is 0. The lowest BCUT2D eigenvalue weighted by molar-refractivity contribution is -0.162. The van der Waals surface area contributed by atoms with Crippen LogP contribution in [0.25, 0.3) is 0 Å². The number of nitrogens with zero attached hydrogens (tertiary/aromatic N) is 1. The van der Waals surface area contributed by atoms with E-state index < -0.39 is 42.3 Å². The summed E-state index contributed by atoms with van der Waals surface area (Å²) in [5, 5.41) is 2.58. The molecule has 0 aromatic heterocycles. The summed E-state index contributed by atoms with van der Waals surface area (Å²) in [6.07, 6.45) is 4.79. The molecule has 0 unspecified atom stereocenters. The summed E-state index contributed by atoms with van der Waals surface area (Å²) in [6, 6.07) is 5.01. The van der Waals surface area contributed by atoms with Crippen molar-refractivity contribution in [2.24, 2.45) is 29.6 Å². The van der Waals surface area contributed by atoms with Crippen LogP contribution in [0, 0.1) is 29.6 Å². The van der Waals surface area contributed by atoms with Crippen LogP contribution in [0.15, 0.2) is 36.4 Å². The van der Waals surface area contributed by atoms with Gasteiger partial charge in [-0.1, -0.05) is 26.0 Å². The zero-order valence-electron chi connectivity index (χ0n) is 19.4. The molecule has 0 spiro atoms. The topological polar surface area (TPSA) is 119 Å². The van der Waals surface area contributed by atoms with Crippen LogP contribution in [0.5, 0.6) is 0 Å². The van der Waals surface area contributed by atoms with E-state index in [-0.39, 0.29) is 36.2 Å². The van der Waals surface area contributed by atoms with Gasteiger partial charge < -0.3 is 14.8 Å². The molecule has 4 rings (SSSR count). The Hall–Kier alpha value is -3.49. The van der Waals surface area contributed by atoms with Gasteiger partial charge >= 0.3 is 11.9 Å². The highest BCUT2D eigenvalue weighted by Gasteiger charge is 2.61. The summed E-state index contributed by atoms with van der Waals surface area (Å²) in [4.78, 5) is 64.1. The van der Waals surface area contributed by atoms with Gasteiger partial charge in [-0.05, 0) is 55.4 Å². The van der Waals surface area contributed by atoms with E-state index in [0.717, 1.165) is 11.3 Å². The number of fused-ring (bicyclic) bond motifs is 5. The van der Waals surface area contributed by atoms with E-state index >= 15 is 0 Å². The van der Waals surface area contributed by atoms with Gasteiger partial charge in [-0.2, -0.15) is 0 Å². The van der Waals surface area contributed by atoms with Crippen LogP contribution in [0.4, 0.5) is 5.69 Å². The third kappa shape index (κ3) is 4.22. The maximum Gasteiger partial charge on any atom is 0.338 e. The maximum absolute atomic E-state index is 13.1. The zero-order chi connectivity index (χ0) is 24.6. The molecule has 180 valence electrons. The van der Waals surface area contributed by atoms with Crippen LogP contribution in [-0.4, -0.2) is 53.8 Å². The highest BCUT2D eigenvalue weighted by atomic mass is 16.5. The highest BCUT2D eigenvalue weighted by molar-refractivity contribution is 6.09. The van der Waals surface area contributed by atoms with Crippen LogP contribution < -0.4 is 5.32 Å². The number of carbonyl (C=O) groups excluding carboxylic acids is 5. The van der Waals surface area contributed by atoms with Crippen molar-refractivity contribution >= 4 is 35.3 Å². The van der Waals surface area contributed by atoms with Crippen molar-refractivity contribution in [3.63, 3.8) is 0 Å². The third-order valence-electron chi connectivity index (χ3n) is 6.68. The monoisotopic (exact) mass is 468 g/mol. The molecule has 2 fully saturated rings. The Kier molecular flexibility index (Phi) is 6.54. The first-order valence-corrected chi connectivity index (χ1v) is 11.5. The molecule has 1 heterocycles. The van der Waals surface area contributed by atoms with Crippen LogP contribution in [0.2, 0.25) is 0 Å². The molecule has 34 heavy (non-hydrogen) atoms. The molecule has 9 heteroatoms. The number of anilines is 1. The molecule has 3 aliphatic rings. The number of ether oxygens (including phenoxy) is 2. The molecule has 2 bridgehead atoms. The fraction of sp³-hybridized carbons (Fsp3) is 0.480. The molecule has 1 saturated carbocycles. The van der Waals surface area contributed by atoms with Crippen molar-refractivity contribution in [3.05, 3.63) is 42.0 Å². The van der Waals surface area contributed by atoms with Crippen LogP contribution in [0.3, 0.4) is 0 Å². The fourth-order valence-corrected chi connectivity index (χ4v) is 5.20. The Bertz CT molecular complexity index is 1020. The van der Waals surface area contributed by atoms with E-state index in [4.69, 9.17) is 9.47 Å². The summed E-state index contributed by atoms with van der Waals surface area (Å²) in [5.41, 5.74) is 0.759. The summed E-state index contributed by atoms with van der Waals surface area (Å²) < 4.78 is 10.1. The predicted octanol–water partition coefficient (Wildman–Crippen LogP) is 2.18. The first kappa shape index (κ1) is 23.7. The minimum absolute atomic E-state index is 0.0428. The molecule has 1 N–H and O–H groups in total. The molecule has 1 aromatic rings. The van der Waals surface area contributed by atoms with Gasteiger partial charge in [0.25, 0.3) is 5.91 Å². The van der Waals surface area contributed by atoms with Crippen molar-refractivity contribution < 1.29 is 33.4 Å². The summed E-state index contributed by atoms with van der Waals surface area (Å²) in [5.74, 6) is -3.58. The third-order valence-corrected chi connectivity index (χ3v) is 6.68. The zero-order valence-corrected chi connectivity index (χ0v) is 19.4. The van der Waals surface area contributed by atoms with Gasteiger partial charge in [0.15, 0.2) is 6.61 Å². The first-order valence-electron chi connectivity index (χ1n) is 11.5. The maximum atomic E-state index is 13.1. The number of hydrogen-bond donors (Lipinski definition) is 1. The van der Waals surface area contributed by atoms with Crippen molar-refractivity contribution in [2.45, 2.75) is 33.2 Å². The number of amides is 3. The molecule has 1 aromatic carbocycles. The van der Waals surface area contributed by atoms with Gasteiger partial charge in [-0.3, -0.25) is 19.3 Å². The number of imide groups is 1. The second-order valence-electron chi connectivity index (χ2n) is 9.19. The molecule has 3 amide bonds. The Morgan fingerprint density at radius 2 is 1.59 bits per heavy atom. The lowest BCUT2D eigenvalue weighted by Crippen LogP contribution is -2.50. The number of allylic oxidation sites excluding steroid dienone is 2. The number of likely N-dealkylation sites (tertiary alicyclic amines) is 1. The molecular weight excluding hydrogens is 440 g/mol. The SMILES string of the molecule is CCOC(=O)c1ccc(NC(=O)COC(=O)[C@H](C(C)C)N2C(=O)[C@@H]3[C@H](C2=O)[C@H]2C=C[C@H]3C2)cc1. The van der Waals surface area contributed by atoms with E-state index in [1.165, 1.54) is 24.3 Å². The van der Waals surface area contributed by atoms with Crippen LogP contribution >= 0.6 is 0 Å². The second-order valence-corrected chi connectivity index (χ2v) is 9.19. The number of benzene rings is 1. The van der Waals surface area contributed by atoms with Gasteiger partial charge in [-0.15, -0.1) is 0 Å². The number of nitrogens with one attached hydrogen (secondary N) is 1. The minimum Gasteiger partial charge on any atom is -0.462 e. The van der Waals surface area contributed by atoms with E-state index in [0.29, 0.717) is 11.3 Å². The molecule has 9 nitrogen and oxygen atoms in total. The molecule has 5 atom stereocenters. The van der Waals surface area contributed by atoms with Crippen LogP contribution in [-0.2, 0) is 28.7 Å². The number of rotatable bonds is 8. The smallest absolute Gasteiger partial charge is 0.338 e. The summed E-state index contributed by atoms with van der Waals surface area (Å²) in [6.45, 7) is 4.86. The average Bonchev–Trinajstić information content (AvgIpc) is 3.48. The lowest BCUT2D eigenvalue weighted by Gasteiger charge is -2.28. The number of carbonyl (C=O) groups is 5. The Balaban J connectivity index is 1.36. The second kappa shape index (κ2) is 9.40. The van der Waals surface area contributed by atoms with E-state index in [1.54, 1.807) is 20.8 Å². The Morgan fingerprint density at radius 3 is 2.12 bits per heavy atom. The number of hydrogen-bond acceptors (Lipinski definition) is 7. The minimum atomic E-state index is -1.08. The lowest BCUT2D eigenvalue weighted by atomic mass is 9.85. The van der Waals surface area contributed by atoms with Crippen molar-refractivity contribution in [1.82, 2.24) is 4.90 Å².